The molecule has 0 radical (unpaired) electrons. The summed E-state index contributed by atoms with van der Waals surface area (Å²) in [5.74, 6) is -0.0254. The summed E-state index contributed by atoms with van der Waals surface area (Å²) >= 11 is 0. The van der Waals surface area contributed by atoms with Gasteiger partial charge < -0.3 is 15.7 Å². The Labute approximate surface area is 86.1 Å². The zero-order chi connectivity index (χ0) is 11.2. The van der Waals surface area contributed by atoms with E-state index in [2.05, 4.69) is 10.6 Å². The number of aliphatic hydroxyl groups excluding tert-OH is 1. The summed E-state index contributed by atoms with van der Waals surface area (Å²) in [5, 5.41) is 14.7. The van der Waals surface area contributed by atoms with E-state index in [0.717, 1.165) is 6.42 Å². The molecule has 0 aliphatic carbocycles. The number of hydrogen-bond donors (Lipinski definition) is 3. The first-order chi connectivity index (χ1) is 6.49. The Morgan fingerprint density at radius 3 is 2.50 bits per heavy atom. The molecule has 0 heterocycles. The van der Waals surface area contributed by atoms with Crippen molar-refractivity contribution in [3.05, 3.63) is 0 Å². The molecule has 0 saturated carbocycles. The molecule has 0 rings (SSSR count). The first-order valence-corrected chi connectivity index (χ1v) is 5.09. The highest BCUT2D eigenvalue weighted by Gasteiger charge is 2.25. The van der Waals surface area contributed by atoms with Crippen LogP contribution in [0, 0.1) is 0 Å². The van der Waals surface area contributed by atoms with Gasteiger partial charge in [-0.3, -0.25) is 4.79 Å². The Morgan fingerprint density at radius 2 is 2.14 bits per heavy atom. The minimum atomic E-state index is -0.225. The first kappa shape index (κ1) is 13.4. The van der Waals surface area contributed by atoms with Crippen LogP contribution in [0.5, 0.6) is 0 Å². The number of hydrogen-bond acceptors (Lipinski definition) is 3. The minimum absolute atomic E-state index is 0.0254. The predicted octanol–water partition coefficient (Wildman–Crippen LogP) is 0.262. The Hall–Kier alpha value is -0.610. The second-order valence-electron chi connectivity index (χ2n) is 3.87. The van der Waals surface area contributed by atoms with Crippen molar-refractivity contribution >= 4 is 5.91 Å². The van der Waals surface area contributed by atoms with E-state index >= 15 is 0 Å². The molecule has 4 nitrogen and oxygen atoms in total. The maximum Gasteiger partial charge on any atom is 0.236 e. The SMILES string of the molecule is CCC(C)(CCO)NC(C)C(=O)NC. The number of likely N-dealkylation sites (N-methyl/N-ethyl adjacent to an activating group) is 1. The maximum absolute atomic E-state index is 11.3. The van der Waals surface area contributed by atoms with Crippen LogP contribution in [0.4, 0.5) is 0 Å². The molecular weight excluding hydrogens is 180 g/mol. The highest BCUT2D eigenvalue weighted by Crippen LogP contribution is 2.14. The van der Waals surface area contributed by atoms with Gasteiger partial charge in [0, 0.05) is 19.2 Å². The highest BCUT2D eigenvalue weighted by molar-refractivity contribution is 5.81. The van der Waals surface area contributed by atoms with Gasteiger partial charge in [0.1, 0.15) is 0 Å². The topological polar surface area (TPSA) is 61.4 Å². The van der Waals surface area contributed by atoms with Gasteiger partial charge in [0.2, 0.25) is 5.91 Å². The molecule has 4 heteroatoms. The molecule has 2 atom stereocenters. The van der Waals surface area contributed by atoms with Gasteiger partial charge in [-0.05, 0) is 26.7 Å². The summed E-state index contributed by atoms with van der Waals surface area (Å²) in [6, 6.07) is -0.225. The van der Waals surface area contributed by atoms with Crippen molar-refractivity contribution < 1.29 is 9.90 Å². The summed E-state index contributed by atoms with van der Waals surface area (Å²) in [6.07, 6.45) is 1.54. The molecule has 0 saturated heterocycles. The van der Waals surface area contributed by atoms with E-state index in [1.54, 1.807) is 7.05 Å². The number of nitrogens with one attached hydrogen (secondary N) is 2. The molecule has 2 unspecified atom stereocenters. The van der Waals surface area contributed by atoms with E-state index in [1.807, 2.05) is 20.8 Å². The number of carbonyl (C=O) groups is 1. The number of rotatable bonds is 6. The zero-order valence-corrected chi connectivity index (χ0v) is 9.55. The summed E-state index contributed by atoms with van der Waals surface area (Å²) in [7, 11) is 1.62. The number of aliphatic hydroxyl groups is 1. The average Bonchev–Trinajstić information content (AvgIpc) is 2.16. The molecular formula is C10H22N2O2. The smallest absolute Gasteiger partial charge is 0.236 e. The fourth-order valence-corrected chi connectivity index (χ4v) is 1.40. The summed E-state index contributed by atoms with van der Waals surface area (Å²) in [5.41, 5.74) is -0.166. The Bertz CT molecular complexity index is 185. The lowest BCUT2D eigenvalue weighted by Crippen LogP contribution is -2.52. The molecule has 0 fully saturated rings. The van der Waals surface area contributed by atoms with Gasteiger partial charge in [-0.25, -0.2) is 0 Å². The van der Waals surface area contributed by atoms with Crippen LogP contribution in [0.1, 0.15) is 33.6 Å². The second-order valence-corrected chi connectivity index (χ2v) is 3.87. The monoisotopic (exact) mass is 202 g/mol. The van der Waals surface area contributed by atoms with Crippen molar-refractivity contribution in [2.75, 3.05) is 13.7 Å². The van der Waals surface area contributed by atoms with Crippen LogP contribution in [-0.4, -0.2) is 36.2 Å². The number of carbonyl (C=O) groups excluding carboxylic acids is 1. The summed E-state index contributed by atoms with van der Waals surface area (Å²) in [6.45, 7) is 6.02. The Morgan fingerprint density at radius 1 is 1.57 bits per heavy atom. The summed E-state index contributed by atoms with van der Waals surface area (Å²) < 4.78 is 0. The Balaban J connectivity index is 4.22. The highest BCUT2D eigenvalue weighted by atomic mass is 16.3. The van der Waals surface area contributed by atoms with E-state index < -0.39 is 0 Å². The second kappa shape index (κ2) is 5.98. The van der Waals surface area contributed by atoms with Crippen LogP contribution < -0.4 is 10.6 Å². The fourth-order valence-electron chi connectivity index (χ4n) is 1.40. The van der Waals surface area contributed by atoms with Gasteiger partial charge in [0.15, 0.2) is 0 Å². The lowest BCUT2D eigenvalue weighted by atomic mass is 9.94. The lowest BCUT2D eigenvalue weighted by Gasteiger charge is -2.32. The molecule has 0 aromatic rings. The predicted molar refractivity (Wildman–Crippen MR) is 57.1 cm³/mol. The molecule has 0 aromatic carbocycles. The Kier molecular flexibility index (Phi) is 5.72. The summed E-state index contributed by atoms with van der Waals surface area (Å²) in [4.78, 5) is 11.3. The average molecular weight is 202 g/mol. The quantitative estimate of drug-likeness (QED) is 0.579. The zero-order valence-electron chi connectivity index (χ0n) is 9.55. The van der Waals surface area contributed by atoms with Crippen molar-refractivity contribution in [1.82, 2.24) is 10.6 Å². The number of amides is 1. The maximum atomic E-state index is 11.3. The van der Waals surface area contributed by atoms with E-state index in [4.69, 9.17) is 5.11 Å². The molecule has 0 bridgehead atoms. The van der Waals surface area contributed by atoms with Gasteiger partial charge in [0.25, 0.3) is 0 Å². The van der Waals surface area contributed by atoms with Crippen LogP contribution >= 0.6 is 0 Å². The van der Waals surface area contributed by atoms with Gasteiger partial charge in [-0.15, -0.1) is 0 Å². The molecule has 0 aromatic heterocycles. The molecule has 0 aliphatic heterocycles. The van der Waals surface area contributed by atoms with Crippen molar-refractivity contribution in [2.24, 2.45) is 0 Å². The third-order valence-electron chi connectivity index (χ3n) is 2.65. The van der Waals surface area contributed by atoms with Crippen molar-refractivity contribution in [1.29, 1.82) is 0 Å². The van der Waals surface area contributed by atoms with Crippen LogP contribution in [0.2, 0.25) is 0 Å². The molecule has 0 aliphatic rings. The molecule has 0 spiro atoms. The van der Waals surface area contributed by atoms with Gasteiger partial charge in [0.05, 0.1) is 6.04 Å². The standard InChI is InChI=1S/C10H22N2O2/c1-5-10(3,6-7-13)12-8(2)9(14)11-4/h8,12-13H,5-7H2,1-4H3,(H,11,14). The molecule has 14 heavy (non-hydrogen) atoms. The molecule has 84 valence electrons. The van der Waals surface area contributed by atoms with E-state index in [-0.39, 0.29) is 24.1 Å². The van der Waals surface area contributed by atoms with Crippen LogP contribution in [-0.2, 0) is 4.79 Å². The van der Waals surface area contributed by atoms with Crippen LogP contribution in [0.3, 0.4) is 0 Å². The molecule has 1 amide bonds. The normalized spacial score (nSPS) is 17.2. The largest absolute Gasteiger partial charge is 0.396 e. The van der Waals surface area contributed by atoms with Gasteiger partial charge >= 0.3 is 0 Å². The molecule has 3 N–H and O–H groups in total. The van der Waals surface area contributed by atoms with Gasteiger partial charge in [-0.1, -0.05) is 6.92 Å². The third kappa shape index (κ3) is 4.07. The van der Waals surface area contributed by atoms with E-state index in [9.17, 15) is 4.79 Å². The minimum Gasteiger partial charge on any atom is -0.396 e. The first-order valence-electron chi connectivity index (χ1n) is 5.09. The van der Waals surface area contributed by atoms with Crippen molar-refractivity contribution in [3.63, 3.8) is 0 Å². The van der Waals surface area contributed by atoms with Crippen LogP contribution in [0.15, 0.2) is 0 Å². The van der Waals surface area contributed by atoms with E-state index in [0.29, 0.717) is 6.42 Å². The van der Waals surface area contributed by atoms with Crippen molar-refractivity contribution in [3.8, 4) is 0 Å². The van der Waals surface area contributed by atoms with Gasteiger partial charge in [-0.2, -0.15) is 0 Å². The van der Waals surface area contributed by atoms with Crippen LogP contribution in [0.25, 0.3) is 0 Å². The van der Waals surface area contributed by atoms with Crippen molar-refractivity contribution in [2.45, 2.75) is 45.2 Å². The fraction of sp³-hybridized carbons (Fsp3) is 0.900. The lowest BCUT2D eigenvalue weighted by molar-refractivity contribution is -0.122. The van der Waals surface area contributed by atoms with E-state index in [1.165, 1.54) is 0 Å². The third-order valence-corrected chi connectivity index (χ3v) is 2.65.